The Labute approximate surface area is 92.4 Å². The lowest BCUT2D eigenvalue weighted by Gasteiger charge is -2.00. The molecule has 0 radical (unpaired) electrons. The fourth-order valence-corrected chi connectivity index (χ4v) is 1.42. The molecule has 0 aliphatic carbocycles. The van der Waals surface area contributed by atoms with Gasteiger partial charge < -0.3 is 4.74 Å². The van der Waals surface area contributed by atoms with Gasteiger partial charge in [-0.1, -0.05) is 22.6 Å². The van der Waals surface area contributed by atoms with Gasteiger partial charge in [0.15, 0.2) is 0 Å². The number of carbonyl (C=O) groups is 2. The van der Waals surface area contributed by atoms with Crippen molar-refractivity contribution >= 4 is 34.3 Å². The van der Waals surface area contributed by atoms with E-state index in [0.29, 0.717) is 13.0 Å². The minimum absolute atomic E-state index is 0.0108. The maximum absolute atomic E-state index is 11.1. The van der Waals surface area contributed by atoms with Crippen molar-refractivity contribution in [2.45, 2.75) is 32.6 Å². The number of hydrogen-bond acceptors (Lipinski definition) is 3. The summed E-state index contributed by atoms with van der Waals surface area (Å²) in [6.45, 7) is 2.08. The quantitative estimate of drug-likeness (QED) is 0.238. The van der Waals surface area contributed by atoms with Crippen molar-refractivity contribution in [3.63, 3.8) is 0 Å². The Morgan fingerprint density at radius 1 is 1.31 bits per heavy atom. The van der Waals surface area contributed by atoms with Crippen LogP contribution in [-0.2, 0) is 14.3 Å². The number of ether oxygens (including phenoxy) is 1. The molecule has 13 heavy (non-hydrogen) atoms. The first-order valence-electron chi connectivity index (χ1n) is 4.44. The van der Waals surface area contributed by atoms with Gasteiger partial charge in [0.1, 0.15) is 12.2 Å². The molecule has 3 nitrogen and oxygen atoms in total. The molecule has 0 N–H and O–H groups in total. The number of esters is 1. The zero-order valence-corrected chi connectivity index (χ0v) is 10.0. The number of ketones is 1. The highest BCUT2D eigenvalue weighted by atomic mass is 127. The van der Waals surface area contributed by atoms with Crippen LogP contribution in [0.4, 0.5) is 0 Å². The summed E-state index contributed by atoms with van der Waals surface area (Å²) in [5, 5.41) is 0. The molecule has 0 heterocycles. The average molecular weight is 298 g/mol. The summed E-state index contributed by atoms with van der Waals surface area (Å²) < 4.78 is 5.72. The van der Waals surface area contributed by atoms with E-state index in [9.17, 15) is 9.59 Å². The molecule has 0 bridgehead atoms. The van der Waals surface area contributed by atoms with E-state index in [-0.39, 0.29) is 12.2 Å². The first kappa shape index (κ1) is 12.9. The van der Waals surface area contributed by atoms with Gasteiger partial charge in [-0.05, 0) is 24.2 Å². The Morgan fingerprint density at radius 3 is 2.54 bits per heavy atom. The first-order valence-corrected chi connectivity index (χ1v) is 5.96. The Kier molecular flexibility index (Phi) is 8.38. The van der Waals surface area contributed by atoms with Crippen molar-refractivity contribution in [2.75, 3.05) is 11.0 Å². The second kappa shape index (κ2) is 8.47. The zero-order valence-electron chi connectivity index (χ0n) is 7.85. The second-order valence-electron chi connectivity index (χ2n) is 2.67. The molecule has 0 unspecified atom stereocenters. The lowest BCUT2D eigenvalue weighted by Crippen LogP contribution is -2.10. The lowest BCUT2D eigenvalue weighted by atomic mass is 10.1. The number of hydrogen-bond donors (Lipinski definition) is 0. The Bertz CT molecular complexity index is 168. The predicted molar refractivity (Wildman–Crippen MR) is 59.0 cm³/mol. The molecule has 0 saturated heterocycles. The summed E-state index contributed by atoms with van der Waals surface area (Å²) in [5.41, 5.74) is 0. The summed E-state index contributed by atoms with van der Waals surface area (Å²) in [6, 6.07) is 0. The third-order valence-corrected chi connectivity index (χ3v) is 2.25. The third kappa shape index (κ3) is 8.21. The van der Waals surface area contributed by atoms with Gasteiger partial charge in [0, 0.05) is 6.42 Å². The zero-order chi connectivity index (χ0) is 10.1. The smallest absolute Gasteiger partial charge is 0.313 e. The largest absolute Gasteiger partial charge is 0.466 e. The molecular formula is C9H15IO3. The van der Waals surface area contributed by atoms with Gasteiger partial charge >= 0.3 is 5.97 Å². The van der Waals surface area contributed by atoms with E-state index in [1.165, 1.54) is 0 Å². The van der Waals surface area contributed by atoms with Crippen LogP contribution in [0.3, 0.4) is 0 Å². The number of carbonyl (C=O) groups excluding carboxylic acids is 2. The number of alkyl halides is 1. The van der Waals surface area contributed by atoms with Crippen LogP contribution in [0.5, 0.6) is 0 Å². The molecule has 0 amide bonds. The summed E-state index contributed by atoms with van der Waals surface area (Å²) in [4.78, 5) is 21.9. The van der Waals surface area contributed by atoms with E-state index in [1.807, 2.05) is 0 Å². The molecule has 0 aliphatic rings. The van der Waals surface area contributed by atoms with Crippen LogP contribution in [0.2, 0.25) is 0 Å². The van der Waals surface area contributed by atoms with E-state index < -0.39 is 5.97 Å². The molecule has 0 atom stereocenters. The lowest BCUT2D eigenvalue weighted by molar-refractivity contribution is -0.145. The fraction of sp³-hybridized carbons (Fsp3) is 0.778. The predicted octanol–water partition coefficient (Wildman–Crippen LogP) is 2.11. The molecule has 0 aromatic heterocycles. The summed E-state index contributed by atoms with van der Waals surface area (Å²) in [6.07, 6.45) is 2.35. The second-order valence-corrected chi connectivity index (χ2v) is 3.75. The van der Waals surface area contributed by atoms with E-state index in [2.05, 4.69) is 27.3 Å². The van der Waals surface area contributed by atoms with Crippen LogP contribution in [0.1, 0.15) is 32.6 Å². The molecule has 0 spiro atoms. The highest BCUT2D eigenvalue weighted by Crippen LogP contribution is 2.02. The SMILES string of the molecule is CCOC(=O)CC(=O)CCCCI. The van der Waals surface area contributed by atoms with Crippen LogP contribution >= 0.6 is 22.6 Å². The number of Topliss-reactive ketones (excluding diaryl/α,β-unsaturated/α-hetero) is 1. The Morgan fingerprint density at radius 2 is 2.00 bits per heavy atom. The van der Waals surface area contributed by atoms with E-state index in [1.54, 1.807) is 6.92 Å². The van der Waals surface area contributed by atoms with Gasteiger partial charge in [-0.25, -0.2) is 0 Å². The number of rotatable bonds is 7. The molecule has 0 saturated carbocycles. The highest BCUT2D eigenvalue weighted by Gasteiger charge is 2.09. The topological polar surface area (TPSA) is 43.4 Å². The van der Waals surface area contributed by atoms with Crippen molar-refractivity contribution in [1.29, 1.82) is 0 Å². The monoisotopic (exact) mass is 298 g/mol. The molecule has 0 rings (SSSR count). The molecule has 0 aromatic carbocycles. The molecule has 0 aliphatic heterocycles. The summed E-state index contributed by atoms with van der Waals surface area (Å²) in [7, 11) is 0. The standard InChI is InChI=1S/C9H15IO3/c1-2-13-9(12)7-8(11)5-3-4-6-10/h2-7H2,1H3. The van der Waals surface area contributed by atoms with Gasteiger partial charge in [0.25, 0.3) is 0 Å². The molecule has 0 fully saturated rings. The molecule has 4 heteroatoms. The number of halogens is 1. The van der Waals surface area contributed by atoms with Crippen molar-refractivity contribution in [2.24, 2.45) is 0 Å². The average Bonchev–Trinajstić information content (AvgIpc) is 2.05. The molecule has 76 valence electrons. The maximum atomic E-state index is 11.1. The van der Waals surface area contributed by atoms with Gasteiger partial charge in [-0.15, -0.1) is 0 Å². The van der Waals surface area contributed by atoms with E-state index >= 15 is 0 Å². The van der Waals surface area contributed by atoms with Crippen molar-refractivity contribution in [3.05, 3.63) is 0 Å². The van der Waals surface area contributed by atoms with Gasteiger partial charge in [-0.2, -0.15) is 0 Å². The Balaban J connectivity index is 3.44. The van der Waals surface area contributed by atoms with Gasteiger partial charge in [0.2, 0.25) is 0 Å². The highest BCUT2D eigenvalue weighted by molar-refractivity contribution is 14.1. The fourth-order valence-electron chi connectivity index (χ4n) is 0.878. The van der Waals surface area contributed by atoms with Crippen molar-refractivity contribution in [1.82, 2.24) is 0 Å². The summed E-state index contributed by atoms with van der Waals surface area (Å²) >= 11 is 2.27. The van der Waals surface area contributed by atoms with Gasteiger partial charge in [0.05, 0.1) is 6.61 Å². The maximum Gasteiger partial charge on any atom is 0.313 e. The third-order valence-electron chi connectivity index (χ3n) is 1.49. The van der Waals surface area contributed by atoms with Crippen LogP contribution in [-0.4, -0.2) is 22.8 Å². The van der Waals surface area contributed by atoms with Crippen LogP contribution in [0.25, 0.3) is 0 Å². The van der Waals surface area contributed by atoms with E-state index in [4.69, 9.17) is 0 Å². The van der Waals surface area contributed by atoms with Crippen molar-refractivity contribution < 1.29 is 14.3 Å². The van der Waals surface area contributed by atoms with Crippen LogP contribution in [0, 0.1) is 0 Å². The van der Waals surface area contributed by atoms with Crippen LogP contribution in [0.15, 0.2) is 0 Å². The minimum atomic E-state index is -0.401. The normalized spacial score (nSPS) is 9.69. The van der Waals surface area contributed by atoms with Crippen LogP contribution < -0.4 is 0 Å². The Hall–Kier alpha value is -0.130. The van der Waals surface area contributed by atoms with Crippen molar-refractivity contribution in [3.8, 4) is 0 Å². The molecular weight excluding hydrogens is 283 g/mol. The number of unbranched alkanes of at least 4 members (excludes halogenated alkanes) is 1. The van der Waals surface area contributed by atoms with Gasteiger partial charge in [-0.3, -0.25) is 9.59 Å². The molecule has 0 aromatic rings. The minimum Gasteiger partial charge on any atom is -0.466 e. The summed E-state index contributed by atoms with van der Waals surface area (Å²) in [5.74, 6) is -0.412. The first-order chi connectivity index (χ1) is 6.20. The van der Waals surface area contributed by atoms with E-state index in [0.717, 1.165) is 17.3 Å².